The van der Waals surface area contributed by atoms with Gasteiger partial charge in [-0.15, -0.1) is 0 Å². The fourth-order valence-electron chi connectivity index (χ4n) is 1.56. The molecule has 1 nitrogen and oxygen atoms in total. The summed E-state index contributed by atoms with van der Waals surface area (Å²) in [5.41, 5.74) is 7.33. The number of halogens is 1. The lowest BCUT2D eigenvalue weighted by molar-refractivity contribution is 0.396. The molecule has 2 heteroatoms. The van der Waals surface area contributed by atoms with Crippen LogP contribution in [0.5, 0.6) is 0 Å². The summed E-state index contributed by atoms with van der Waals surface area (Å²) >= 11 is 3.43. The van der Waals surface area contributed by atoms with E-state index in [-0.39, 0.29) is 5.54 Å². The molecule has 0 heterocycles. The Labute approximate surface area is 101 Å². The predicted molar refractivity (Wildman–Crippen MR) is 69.8 cm³/mol. The largest absolute Gasteiger partial charge is 0.322 e. The summed E-state index contributed by atoms with van der Waals surface area (Å²) < 4.78 is 1.10. The van der Waals surface area contributed by atoms with Crippen molar-refractivity contribution in [1.29, 1.82) is 0 Å². The Hall–Kier alpha value is -0.340. The quantitative estimate of drug-likeness (QED) is 0.877. The van der Waals surface area contributed by atoms with Crippen molar-refractivity contribution >= 4 is 15.9 Å². The van der Waals surface area contributed by atoms with E-state index in [1.807, 2.05) is 0 Å². The Bertz CT molecular complexity index is 301. The highest BCUT2D eigenvalue weighted by Gasteiger charge is 2.20. The molecule has 0 saturated heterocycles. The van der Waals surface area contributed by atoms with Crippen LogP contribution in [0.4, 0.5) is 0 Å². The lowest BCUT2D eigenvalue weighted by Crippen LogP contribution is -2.33. The van der Waals surface area contributed by atoms with E-state index in [1.165, 1.54) is 12.0 Å². The van der Waals surface area contributed by atoms with Crippen LogP contribution >= 0.6 is 15.9 Å². The zero-order valence-electron chi connectivity index (χ0n) is 9.76. The second-order valence-corrected chi connectivity index (χ2v) is 5.77. The lowest BCUT2D eigenvalue weighted by Gasteiger charge is -2.26. The molecule has 0 aliphatic rings. The van der Waals surface area contributed by atoms with Crippen molar-refractivity contribution in [3.63, 3.8) is 0 Å². The first-order chi connectivity index (χ1) is 6.92. The topological polar surface area (TPSA) is 26.0 Å². The lowest BCUT2D eigenvalue weighted by atomic mass is 9.86. The number of hydrogen-bond acceptors (Lipinski definition) is 1. The molecule has 84 valence electrons. The third-order valence-electron chi connectivity index (χ3n) is 2.74. The van der Waals surface area contributed by atoms with Crippen molar-refractivity contribution in [3.8, 4) is 0 Å². The van der Waals surface area contributed by atoms with Gasteiger partial charge in [-0.1, -0.05) is 41.9 Å². The van der Waals surface area contributed by atoms with Crippen LogP contribution in [0.1, 0.15) is 39.2 Å². The normalized spacial score (nSPS) is 15.3. The molecule has 2 N–H and O–H groups in total. The Balaban J connectivity index is 2.72. The van der Waals surface area contributed by atoms with Gasteiger partial charge in [-0.2, -0.15) is 0 Å². The van der Waals surface area contributed by atoms with E-state index >= 15 is 0 Å². The van der Waals surface area contributed by atoms with Gasteiger partial charge in [-0.3, -0.25) is 0 Å². The van der Waals surface area contributed by atoms with Crippen molar-refractivity contribution < 1.29 is 0 Å². The molecular formula is C13H20BrN. The zero-order valence-corrected chi connectivity index (χ0v) is 11.3. The average Bonchev–Trinajstić information content (AvgIpc) is 2.16. The van der Waals surface area contributed by atoms with Crippen LogP contribution in [-0.4, -0.2) is 0 Å². The molecule has 0 saturated carbocycles. The second-order valence-electron chi connectivity index (χ2n) is 4.86. The molecule has 0 bridgehead atoms. The minimum Gasteiger partial charge on any atom is -0.322 e. The first-order valence-corrected chi connectivity index (χ1v) is 6.26. The molecule has 15 heavy (non-hydrogen) atoms. The predicted octanol–water partition coefficient (Wildman–Crippen LogP) is 4.06. The van der Waals surface area contributed by atoms with Gasteiger partial charge in [-0.25, -0.2) is 0 Å². The van der Waals surface area contributed by atoms with Crippen LogP contribution in [0.15, 0.2) is 28.7 Å². The van der Waals surface area contributed by atoms with Gasteiger partial charge < -0.3 is 5.73 Å². The molecule has 0 fully saturated rings. The van der Waals surface area contributed by atoms with E-state index in [0.717, 1.165) is 10.9 Å². The summed E-state index contributed by atoms with van der Waals surface area (Å²) in [6.07, 6.45) is 2.20. The molecule has 1 atom stereocenters. The summed E-state index contributed by atoms with van der Waals surface area (Å²) in [6, 6.07) is 8.31. The van der Waals surface area contributed by atoms with E-state index < -0.39 is 0 Å². The highest BCUT2D eigenvalue weighted by molar-refractivity contribution is 9.10. The standard InChI is InChI=1S/C13H20BrN/c1-10(2)8-9-13(3,15)11-4-6-12(14)7-5-11/h4-7,10H,8-9,15H2,1-3H3. The molecule has 1 aromatic carbocycles. The third-order valence-corrected chi connectivity index (χ3v) is 3.27. The van der Waals surface area contributed by atoms with Gasteiger partial charge in [0.05, 0.1) is 0 Å². The van der Waals surface area contributed by atoms with Crippen LogP contribution in [0.25, 0.3) is 0 Å². The molecule has 1 rings (SSSR count). The van der Waals surface area contributed by atoms with Crippen molar-refractivity contribution in [2.24, 2.45) is 11.7 Å². The van der Waals surface area contributed by atoms with Crippen molar-refractivity contribution in [2.75, 3.05) is 0 Å². The smallest absolute Gasteiger partial charge is 0.0381 e. The molecule has 0 aliphatic heterocycles. The zero-order chi connectivity index (χ0) is 11.5. The Morgan fingerprint density at radius 2 is 1.80 bits per heavy atom. The Kier molecular flexibility index (Phi) is 4.35. The SMILES string of the molecule is CC(C)CCC(C)(N)c1ccc(Br)cc1. The maximum Gasteiger partial charge on any atom is 0.0381 e. The number of rotatable bonds is 4. The number of hydrogen-bond donors (Lipinski definition) is 1. The average molecular weight is 270 g/mol. The highest BCUT2D eigenvalue weighted by Crippen LogP contribution is 2.26. The van der Waals surface area contributed by atoms with Crippen LogP contribution < -0.4 is 5.73 Å². The molecule has 0 spiro atoms. The molecule has 0 aliphatic carbocycles. The summed E-state index contributed by atoms with van der Waals surface area (Å²) in [4.78, 5) is 0. The number of nitrogens with two attached hydrogens (primary N) is 1. The summed E-state index contributed by atoms with van der Waals surface area (Å²) in [5, 5.41) is 0. The first-order valence-electron chi connectivity index (χ1n) is 5.47. The Morgan fingerprint density at radius 3 is 2.27 bits per heavy atom. The molecule has 0 aromatic heterocycles. The van der Waals surface area contributed by atoms with Gasteiger partial charge in [-0.05, 0) is 43.4 Å². The summed E-state index contributed by atoms with van der Waals surface area (Å²) in [7, 11) is 0. The van der Waals surface area contributed by atoms with Gasteiger partial charge >= 0.3 is 0 Å². The fraction of sp³-hybridized carbons (Fsp3) is 0.538. The van der Waals surface area contributed by atoms with Gasteiger partial charge in [0.1, 0.15) is 0 Å². The molecule has 0 radical (unpaired) electrons. The van der Waals surface area contributed by atoms with E-state index in [2.05, 4.69) is 61.0 Å². The minimum absolute atomic E-state index is 0.203. The van der Waals surface area contributed by atoms with Gasteiger partial charge in [0.15, 0.2) is 0 Å². The van der Waals surface area contributed by atoms with Crippen LogP contribution in [0.2, 0.25) is 0 Å². The second kappa shape index (κ2) is 5.13. The van der Waals surface area contributed by atoms with E-state index in [4.69, 9.17) is 5.73 Å². The maximum atomic E-state index is 6.32. The van der Waals surface area contributed by atoms with Crippen LogP contribution in [0, 0.1) is 5.92 Å². The van der Waals surface area contributed by atoms with Crippen molar-refractivity contribution in [3.05, 3.63) is 34.3 Å². The summed E-state index contributed by atoms with van der Waals surface area (Å²) in [5.74, 6) is 0.711. The van der Waals surface area contributed by atoms with Crippen molar-refractivity contribution in [2.45, 2.75) is 39.2 Å². The van der Waals surface area contributed by atoms with Crippen molar-refractivity contribution in [1.82, 2.24) is 0 Å². The molecular weight excluding hydrogens is 250 g/mol. The molecule has 0 amide bonds. The van der Waals surface area contributed by atoms with Crippen LogP contribution in [-0.2, 0) is 5.54 Å². The number of benzene rings is 1. The van der Waals surface area contributed by atoms with E-state index in [0.29, 0.717) is 5.92 Å². The fourth-order valence-corrected chi connectivity index (χ4v) is 1.83. The maximum absolute atomic E-state index is 6.32. The van der Waals surface area contributed by atoms with Gasteiger partial charge in [0, 0.05) is 10.0 Å². The molecule has 1 aromatic rings. The van der Waals surface area contributed by atoms with Gasteiger partial charge in [0.2, 0.25) is 0 Å². The highest BCUT2D eigenvalue weighted by atomic mass is 79.9. The first kappa shape index (κ1) is 12.7. The van der Waals surface area contributed by atoms with E-state index in [1.54, 1.807) is 0 Å². The monoisotopic (exact) mass is 269 g/mol. The summed E-state index contributed by atoms with van der Waals surface area (Å²) in [6.45, 7) is 6.58. The van der Waals surface area contributed by atoms with E-state index in [9.17, 15) is 0 Å². The van der Waals surface area contributed by atoms with Gasteiger partial charge in [0.25, 0.3) is 0 Å². The molecule has 1 unspecified atom stereocenters. The minimum atomic E-state index is -0.203. The third kappa shape index (κ3) is 3.96. The van der Waals surface area contributed by atoms with Crippen LogP contribution in [0.3, 0.4) is 0 Å². The Morgan fingerprint density at radius 1 is 1.27 bits per heavy atom.